The highest BCUT2D eigenvalue weighted by Crippen LogP contribution is 2.30. The third-order valence-corrected chi connectivity index (χ3v) is 5.34. The summed E-state index contributed by atoms with van der Waals surface area (Å²) in [6.07, 6.45) is -0.532. The van der Waals surface area contributed by atoms with E-state index < -0.39 is 6.10 Å². The Morgan fingerprint density at radius 3 is 2.68 bits per heavy atom. The fraction of sp³-hybridized carbons (Fsp3) is 0.292. The molecule has 0 aliphatic carbocycles. The Morgan fingerprint density at radius 1 is 1.07 bits per heavy atom. The number of carbonyl (C=O) groups excluding carboxylic acids is 1. The lowest BCUT2D eigenvalue weighted by molar-refractivity contribution is 0.0735. The van der Waals surface area contributed by atoms with Gasteiger partial charge in [0, 0.05) is 17.7 Å². The van der Waals surface area contributed by atoms with Gasteiger partial charge in [0.25, 0.3) is 5.91 Å². The van der Waals surface area contributed by atoms with Gasteiger partial charge in [0.15, 0.2) is 0 Å². The van der Waals surface area contributed by atoms with Crippen LogP contribution in [0.3, 0.4) is 0 Å². The highest BCUT2D eigenvalue weighted by molar-refractivity contribution is 6.07. The van der Waals surface area contributed by atoms with Crippen LogP contribution in [0.5, 0.6) is 5.75 Å². The number of hydrogen-bond acceptors (Lipinski definition) is 3. The van der Waals surface area contributed by atoms with E-state index in [2.05, 4.69) is 0 Å². The van der Waals surface area contributed by atoms with Gasteiger partial charge in [-0.25, -0.2) is 0 Å². The van der Waals surface area contributed by atoms with E-state index in [-0.39, 0.29) is 11.8 Å². The summed E-state index contributed by atoms with van der Waals surface area (Å²) in [5.74, 6) is 0.911. The number of rotatable bonds is 3. The van der Waals surface area contributed by atoms with Crippen molar-refractivity contribution >= 4 is 16.7 Å². The molecule has 0 spiro atoms. The summed E-state index contributed by atoms with van der Waals surface area (Å²) in [5, 5.41) is 12.4. The molecular formula is C24H25NO3. The van der Waals surface area contributed by atoms with Gasteiger partial charge < -0.3 is 14.7 Å². The van der Waals surface area contributed by atoms with Gasteiger partial charge in [0.1, 0.15) is 12.4 Å². The second kappa shape index (κ2) is 7.64. The number of amides is 1. The van der Waals surface area contributed by atoms with Crippen LogP contribution in [0.15, 0.2) is 60.7 Å². The Labute approximate surface area is 165 Å². The lowest BCUT2D eigenvalue weighted by Gasteiger charge is -2.21. The first-order valence-corrected chi connectivity index (χ1v) is 9.75. The molecule has 1 aliphatic heterocycles. The molecule has 0 bridgehead atoms. The summed E-state index contributed by atoms with van der Waals surface area (Å²) < 4.78 is 5.87. The Bertz CT molecular complexity index is 1010. The summed E-state index contributed by atoms with van der Waals surface area (Å²) in [5.41, 5.74) is 2.50. The first-order chi connectivity index (χ1) is 13.5. The largest absolute Gasteiger partial charge is 0.491 e. The third-order valence-electron chi connectivity index (χ3n) is 5.34. The molecule has 4 heteroatoms. The lowest BCUT2D eigenvalue weighted by atomic mass is 9.97. The predicted molar refractivity (Wildman–Crippen MR) is 110 cm³/mol. The third kappa shape index (κ3) is 3.48. The monoisotopic (exact) mass is 375 g/mol. The summed E-state index contributed by atoms with van der Waals surface area (Å²) in [7, 11) is 0. The van der Waals surface area contributed by atoms with Crippen LogP contribution in [0.2, 0.25) is 0 Å². The van der Waals surface area contributed by atoms with Crippen molar-refractivity contribution in [3.63, 3.8) is 0 Å². The van der Waals surface area contributed by atoms with Crippen molar-refractivity contribution in [3.8, 4) is 5.75 Å². The smallest absolute Gasteiger partial charge is 0.254 e. The molecule has 4 rings (SSSR count). The van der Waals surface area contributed by atoms with Crippen LogP contribution < -0.4 is 4.74 Å². The molecule has 1 atom stereocenters. The molecule has 0 fully saturated rings. The standard InChI is InChI=1S/C24H25NO3/c1-16(2)23(26)18-10-11-22-19(14-18)15-25(12-13-28-22)24(27)21-9-5-7-17-6-3-4-8-20(17)21/h3-11,14,16,23,26H,12-13,15H2,1-2H3/t23-/m1/s1. The fourth-order valence-corrected chi connectivity index (χ4v) is 3.74. The van der Waals surface area contributed by atoms with Crippen molar-refractivity contribution < 1.29 is 14.6 Å². The SMILES string of the molecule is CC(C)[C@@H](O)c1ccc2c(c1)CN(C(=O)c1cccc3ccccc13)CCO2. The maximum absolute atomic E-state index is 13.3. The molecule has 0 aromatic heterocycles. The van der Waals surface area contributed by atoms with Crippen LogP contribution in [0.25, 0.3) is 10.8 Å². The Morgan fingerprint density at radius 2 is 1.86 bits per heavy atom. The fourth-order valence-electron chi connectivity index (χ4n) is 3.74. The minimum absolute atomic E-state index is 0.00283. The van der Waals surface area contributed by atoms with Gasteiger partial charge in [0.05, 0.1) is 12.6 Å². The number of benzene rings is 3. The molecule has 28 heavy (non-hydrogen) atoms. The zero-order valence-corrected chi connectivity index (χ0v) is 16.3. The van der Waals surface area contributed by atoms with Gasteiger partial charge in [-0.05, 0) is 40.5 Å². The lowest BCUT2D eigenvalue weighted by Crippen LogP contribution is -2.32. The van der Waals surface area contributed by atoms with E-state index in [4.69, 9.17) is 4.74 Å². The molecule has 4 nitrogen and oxygen atoms in total. The molecule has 3 aromatic carbocycles. The molecule has 0 radical (unpaired) electrons. The highest BCUT2D eigenvalue weighted by atomic mass is 16.5. The molecule has 1 amide bonds. The van der Waals surface area contributed by atoms with Crippen molar-refractivity contribution in [2.45, 2.75) is 26.5 Å². The van der Waals surface area contributed by atoms with Gasteiger partial charge in [-0.3, -0.25) is 4.79 Å². The second-order valence-corrected chi connectivity index (χ2v) is 7.66. The number of carbonyl (C=O) groups is 1. The Hall–Kier alpha value is -2.85. The van der Waals surface area contributed by atoms with E-state index in [9.17, 15) is 9.90 Å². The summed E-state index contributed by atoms with van der Waals surface area (Å²) >= 11 is 0. The predicted octanol–water partition coefficient (Wildman–Crippen LogP) is 4.56. The maximum Gasteiger partial charge on any atom is 0.254 e. The van der Waals surface area contributed by atoms with Gasteiger partial charge in [-0.2, -0.15) is 0 Å². The van der Waals surface area contributed by atoms with Crippen LogP contribution in [-0.4, -0.2) is 29.1 Å². The summed E-state index contributed by atoms with van der Waals surface area (Å²) in [4.78, 5) is 15.2. The quantitative estimate of drug-likeness (QED) is 0.730. The molecule has 1 N–H and O–H groups in total. The topological polar surface area (TPSA) is 49.8 Å². The molecule has 0 saturated heterocycles. The Kier molecular flexibility index (Phi) is 5.05. The first-order valence-electron chi connectivity index (χ1n) is 9.75. The van der Waals surface area contributed by atoms with E-state index in [1.165, 1.54) is 0 Å². The van der Waals surface area contributed by atoms with Gasteiger partial charge in [-0.1, -0.05) is 56.3 Å². The number of hydrogen-bond donors (Lipinski definition) is 1. The number of aliphatic hydroxyl groups excluding tert-OH is 1. The van der Waals surface area contributed by atoms with Crippen molar-refractivity contribution in [3.05, 3.63) is 77.4 Å². The molecule has 0 unspecified atom stereocenters. The first kappa shape index (κ1) is 18.5. The van der Waals surface area contributed by atoms with Crippen LogP contribution in [-0.2, 0) is 6.54 Å². The highest BCUT2D eigenvalue weighted by Gasteiger charge is 2.23. The molecule has 1 aliphatic rings. The second-order valence-electron chi connectivity index (χ2n) is 7.66. The zero-order chi connectivity index (χ0) is 19.7. The van der Waals surface area contributed by atoms with Crippen molar-refractivity contribution in [1.29, 1.82) is 0 Å². The minimum Gasteiger partial charge on any atom is -0.491 e. The van der Waals surface area contributed by atoms with Crippen LogP contribution in [0.4, 0.5) is 0 Å². The van der Waals surface area contributed by atoms with Crippen molar-refractivity contribution in [1.82, 2.24) is 4.90 Å². The van der Waals surface area contributed by atoms with Crippen LogP contribution in [0.1, 0.15) is 41.4 Å². The normalized spacial score (nSPS) is 15.1. The van der Waals surface area contributed by atoms with E-state index in [1.54, 1.807) is 0 Å². The minimum atomic E-state index is -0.532. The average molecular weight is 375 g/mol. The van der Waals surface area contributed by atoms with E-state index >= 15 is 0 Å². The van der Waals surface area contributed by atoms with Crippen LogP contribution in [0, 0.1) is 5.92 Å². The van der Waals surface area contributed by atoms with Gasteiger partial charge >= 0.3 is 0 Å². The number of fused-ring (bicyclic) bond motifs is 2. The molecule has 1 heterocycles. The molecule has 0 saturated carbocycles. The van der Waals surface area contributed by atoms with E-state index in [0.717, 1.165) is 27.6 Å². The number of ether oxygens (including phenoxy) is 1. The Balaban J connectivity index is 1.67. The molecule has 144 valence electrons. The summed E-state index contributed by atoms with van der Waals surface area (Å²) in [6, 6.07) is 19.6. The van der Waals surface area contributed by atoms with Gasteiger partial charge in [-0.15, -0.1) is 0 Å². The van der Waals surface area contributed by atoms with E-state index in [0.29, 0.717) is 25.3 Å². The average Bonchev–Trinajstić information content (AvgIpc) is 2.94. The zero-order valence-electron chi connectivity index (χ0n) is 16.3. The van der Waals surface area contributed by atoms with Crippen LogP contribution >= 0.6 is 0 Å². The number of nitrogens with zero attached hydrogens (tertiary/aromatic N) is 1. The molecule has 3 aromatic rings. The van der Waals surface area contributed by atoms with Gasteiger partial charge in [0.2, 0.25) is 0 Å². The summed E-state index contributed by atoms with van der Waals surface area (Å²) in [6.45, 7) is 5.43. The molecular weight excluding hydrogens is 350 g/mol. The van der Waals surface area contributed by atoms with Crippen molar-refractivity contribution in [2.24, 2.45) is 5.92 Å². The maximum atomic E-state index is 13.3. The number of aliphatic hydroxyl groups is 1. The van der Waals surface area contributed by atoms with Crippen molar-refractivity contribution in [2.75, 3.05) is 13.2 Å². The van der Waals surface area contributed by atoms with E-state index in [1.807, 2.05) is 79.4 Å².